The third-order valence-corrected chi connectivity index (χ3v) is 5.23. The molecule has 1 aliphatic rings. The van der Waals surface area contributed by atoms with E-state index < -0.39 is 5.91 Å². The molecule has 1 fully saturated rings. The van der Waals surface area contributed by atoms with Crippen molar-refractivity contribution in [2.24, 2.45) is 0 Å². The van der Waals surface area contributed by atoms with Crippen LogP contribution in [0, 0.1) is 0 Å². The Balaban J connectivity index is 1.52. The molecule has 5 heterocycles. The van der Waals surface area contributed by atoms with Crippen LogP contribution in [-0.4, -0.2) is 56.5 Å². The Morgan fingerprint density at radius 3 is 2.71 bits per heavy atom. The van der Waals surface area contributed by atoms with Crippen molar-refractivity contribution in [3.8, 4) is 11.3 Å². The van der Waals surface area contributed by atoms with E-state index in [1.165, 1.54) is 6.20 Å². The van der Waals surface area contributed by atoms with Gasteiger partial charge in [0.1, 0.15) is 17.2 Å². The van der Waals surface area contributed by atoms with Crippen LogP contribution >= 0.6 is 11.6 Å². The molecule has 156 valence electrons. The first-order valence-electron chi connectivity index (χ1n) is 9.75. The van der Waals surface area contributed by atoms with Crippen LogP contribution < -0.4 is 10.2 Å². The number of imidazole rings is 1. The van der Waals surface area contributed by atoms with Gasteiger partial charge in [0, 0.05) is 37.2 Å². The Morgan fingerprint density at radius 1 is 1.10 bits per heavy atom. The van der Waals surface area contributed by atoms with Gasteiger partial charge in [0.2, 0.25) is 5.95 Å². The van der Waals surface area contributed by atoms with Gasteiger partial charge in [0.05, 0.1) is 24.4 Å². The summed E-state index contributed by atoms with van der Waals surface area (Å²) in [6, 6.07) is 9.31. The van der Waals surface area contributed by atoms with Gasteiger partial charge in [0.25, 0.3) is 5.91 Å². The highest BCUT2D eigenvalue weighted by Gasteiger charge is 2.22. The Bertz CT molecular complexity index is 1240. The average molecular weight is 436 g/mol. The molecule has 9 nitrogen and oxygen atoms in total. The van der Waals surface area contributed by atoms with E-state index in [1.807, 2.05) is 45.8 Å². The molecule has 1 N–H and O–H groups in total. The molecule has 0 saturated carbocycles. The molecule has 0 aromatic carbocycles. The van der Waals surface area contributed by atoms with Crippen LogP contribution in [0.25, 0.3) is 16.9 Å². The van der Waals surface area contributed by atoms with E-state index in [9.17, 15) is 4.79 Å². The summed E-state index contributed by atoms with van der Waals surface area (Å²) in [5.41, 5.74) is 2.26. The predicted molar refractivity (Wildman–Crippen MR) is 116 cm³/mol. The van der Waals surface area contributed by atoms with Gasteiger partial charge in [-0.25, -0.2) is 15.0 Å². The molecule has 4 aromatic heterocycles. The lowest BCUT2D eigenvalue weighted by Crippen LogP contribution is -2.37. The topological polar surface area (TPSA) is 97.5 Å². The van der Waals surface area contributed by atoms with Gasteiger partial charge < -0.3 is 15.0 Å². The van der Waals surface area contributed by atoms with E-state index in [0.717, 1.165) is 5.56 Å². The van der Waals surface area contributed by atoms with Gasteiger partial charge >= 0.3 is 0 Å². The van der Waals surface area contributed by atoms with Crippen molar-refractivity contribution in [3.05, 3.63) is 65.8 Å². The lowest BCUT2D eigenvalue weighted by atomic mass is 10.2. The van der Waals surface area contributed by atoms with Crippen molar-refractivity contribution in [1.29, 1.82) is 0 Å². The van der Waals surface area contributed by atoms with E-state index in [0.29, 0.717) is 49.4 Å². The zero-order valence-electron chi connectivity index (χ0n) is 16.4. The summed E-state index contributed by atoms with van der Waals surface area (Å²) in [5, 5.41) is 3.12. The summed E-state index contributed by atoms with van der Waals surface area (Å²) in [6.07, 6.45) is 6.65. The zero-order chi connectivity index (χ0) is 21.2. The Morgan fingerprint density at radius 2 is 1.90 bits per heavy atom. The second-order valence-electron chi connectivity index (χ2n) is 6.89. The minimum absolute atomic E-state index is 0.102. The Kier molecular flexibility index (Phi) is 5.19. The first-order valence-corrected chi connectivity index (χ1v) is 10.1. The van der Waals surface area contributed by atoms with Crippen molar-refractivity contribution in [2.75, 3.05) is 36.5 Å². The summed E-state index contributed by atoms with van der Waals surface area (Å²) in [7, 11) is 0. The van der Waals surface area contributed by atoms with Crippen molar-refractivity contribution in [2.45, 2.75) is 0 Å². The number of carbonyl (C=O) groups is 1. The molecule has 10 heteroatoms. The number of anilines is 2. The third-order valence-electron chi connectivity index (χ3n) is 4.96. The summed E-state index contributed by atoms with van der Waals surface area (Å²) in [6.45, 7) is 2.49. The highest BCUT2D eigenvalue weighted by molar-refractivity contribution is 6.34. The maximum absolute atomic E-state index is 13.2. The number of aromatic nitrogens is 5. The second kappa shape index (κ2) is 8.29. The predicted octanol–water partition coefficient (Wildman–Crippen LogP) is 2.93. The SMILES string of the molecule is O=C(Nc1c(-c2ccncc2)nc2ccccn12)c1nc(N2CCOCC2)ncc1Cl. The van der Waals surface area contributed by atoms with Crippen LogP contribution in [0.3, 0.4) is 0 Å². The molecule has 0 unspecified atom stereocenters. The number of carbonyl (C=O) groups excluding carboxylic acids is 1. The molecule has 1 saturated heterocycles. The van der Waals surface area contributed by atoms with Gasteiger partial charge in [0.15, 0.2) is 5.69 Å². The number of rotatable bonds is 4. The van der Waals surface area contributed by atoms with E-state index in [2.05, 4.69) is 25.3 Å². The molecule has 31 heavy (non-hydrogen) atoms. The quantitative estimate of drug-likeness (QED) is 0.526. The number of pyridine rings is 2. The number of amides is 1. The van der Waals surface area contributed by atoms with E-state index >= 15 is 0 Å². The number of morpholine rings is 1. The van der Waals surface area contributed by atoms with E-state index in [-0.39, 0.29) is 10.7 Å². The molecule has 5 rings (SSSR count). The number of nitrogens with one attached hydrogen (secondary N) is 1. The third kappa shape index (κ3) is 3.80. The number of fused-ring (bicyclic) bond motifs is 1. The molecule has 1 amide bonds. The Hall–Kier alpha value is -3.56. The van der Waals surface area contributed by atoms with Gasteiger partial charge in [-0.1, -0.05) is 17.7 Å². The number of ether oxygens (including phenoxy) is 1. The van der Waals surface area contributed by atoms with Crippen molar-refractivity contribution in [1.82, 2.24) is 24.3 Å². The fourth-order valence-electron chi connectivity index (χ4n) is 3.43. The highest BCUT2D eigenvalue weighted by atomic mass is 35.5. The minimum atomic E-state index is -0.442. The van der Waals surface area contributed by atoms with Crippen LogP contribution in [0.15, 0.2) is 55.1 Å². The largest absolute Gasteiger partial charge is 0.378 e. The second-order valence-corrected chi connectivity index (χ2v) is 7.30. The normalized spacial score (nSPS) is 14.0. The molecule has 0 aliphatic carbocycles. The smallest absolute Gasteiger partial charge is 0.277 e. The molecule has 0 radical (unpaired) electrons. The minimum Gasteiger partial charge on any atom is -0.378 e. The molecule has 1 aliphatic heterocycles. The van der Waals surface area contributed by atoms with Crippen molar-refractivity contribution in [3.63, 3.8) is 0 Å². The summed E-state index contributed by atoms with van der Waals surface area (Å²) in [5.74, 6) is 0.530. The molecule has 0 bridgehead atoms. The number of hydrogen-bond acceptors (Lipinski definition) is 7. The van der Waals surface area contributed by atoms with E-state index in [1.54, 1.807) is 12.4 Å². The number of halogens is 1. The van der Waals surface area contributed by atoms with Gasteiger partial charge in [-0.2, -0.15) is 0 Å². The van der Waals surface area contributed by atoms with Crippen LogP contribution in [0.1, 0.15) is 10.5 Å². The maximum Gasteiger partial charge on any atom is 0.277 e. The maximum atomic E-state index is 13.2. The standard InChI is InChI=1S/C21H18ClN7O2/c22-15-13-24-21(28-9-11-31-12-10-28)26-18(15)20(30)27-19-17(14-4-6-23-7-5-14)25-16-3-1-2-8-29(16)19/h1-8,13H,9-12H2,(H,27,30). The molecular weight excluding hydrogens is 418 g/mol. The highest BCUT2D eigenvalue weighted by Crippen LogP contribution is 2.29. The number of nitrogens with zero attached hydrogens (tertiary/aromatic N) is 6. The van der Waals surface area contributed by atoms with Crippen LogP contribution in [-0.2, 0) is 4.74 Å². The van der Waals surface area contributed by atoms with Crippen molar-refractivity contribution < 1.29 is 9.53 Å². The summed E-state index contributed by atoms with van der Waals surface area (Å²) in [4.78, 5) is 32.6. The molecule has 0 spiro atoms. The first kappa shape index (κ1) is 19.4. The Labute approximate surface area is 182 Å². The fourth-order valence-corrected chi connectivity index (χ4v) is 3.60. The van der Waals surface area contributed by atoms with Crippen LogP contribution in [0.4, 0.5) is 11.8 Å². The van der Waals surface area contributed by atoms with Crippen molar-refractivity contribution >= 4 is 34.9 Å². The van der Waals surface area contributed by atoms with Gasteiger partial charge in [-0.05, 0) is 24.3 Å². The molecular formula is C21H18ClN7O2. The molecule has 0 atom stereocenters. The first-order chi connectivity index (χ1) is 15.2. The zero-order valence-corrected chi connectivity index (χ0v) is 17.2. The number of hydrogen-bond donors (Lipinski definition) is 1. The monoisotopic (exact) mass is 435 g/mol. The van der Waals surface area contributed by atoms with Crippen LogP contribution in [0.5, 0.6) is 0 Å². The van der Waals surface area contributed by atoms with Gasteiger partial charge in [-0.3, -0.25) is 14.2 Å². The fraction of sp³-hybridized carbons (Fsp3) is 0.190. The summed E-state index contributed by atoms with van der Waals surface area (Å²) < 4.78 is 7.18. The summed E-state index contributed by atoms with van der Waals surface area (Å²) >= 11 is 6.29. The van der Waals surface area contributed by atoms with Crippen LogP contribution in [0.2, 0.25) is 5.02 Å². The van der Waals surface area contributed by atoms with E-state index in [4.69, 9.17) is 16.3 Å². The lowest BCUT2D eigenvalue weighted by Gasteiger charge is -2.26. The average Bonchev–Trinajstić information content (AvgIpc) is 3.19. The lowest BCUT2D eigenvalue weighted by molar-refractivity contribution is 0.102. The van der Waals surface area contributed by atoms with Gasteiger partial charge in [-0.15, -0.1) is 0 Å². The molecule has 4 aromatic rings.